The van der Waals surface area contributed by atoms with Crippen molar-refractivity contribution in [3.63, 3.8) is 0 Å². The number of nitrogens with one attached hydrogen (secondary N) is 1. The fraction of sp³-hybridized carbons (Fsp3) is 0.294. The highest BCUT2D eigenvalue weighted by molar-refractivity contribution is 7.90. The average Bonchev–Trinajstić information content (AvgIpc) is 2.48. The van der Waals surface area contributed by atoms with Gasteiger partial charge in [0.1, 0.15) is 12.4 Å². The van der Waals surface area contributed by atoms with Crippen molar-refractivity contribution in [3.05, 3.63) is 59.7 Å². The zero-order valence-corrected chi connectivity index (χ0v) is 13.7. The van der Waals surface area contributed by atoms with Gasteiger partial charge >= 0.3 is 0 Å². The van der Waals surface area contributed by atoms with Crippen LogP contribution in [0.2, 0.25) is 0 Å². The SMILES string of the molecule is Cc1ccc(CNCCOc2ccc(S(C)(=O)=O)cc2)cc1. The number of hydrogen-bond donors (Lipinski definition) is 1. The first-order valence-electron chi connectivity index (χ1n) is 7.14. The Morgan fingerprint density at radius 1 is 1.00 bits per heavy atom. The van der Waals surface area contributed by atoms with Gasteiger partial charge in [0, 0.05) is 19.3 Å². The van der Waals surface area contributed by atoms with Gasteiger partial charge in [0.15, 0.2) is 9.84 Å². The molecule has 2 aromatic rings. The largest absolute Gasteiger partial charge is 0.492 e. The molecule has 0 fully saturated rings. The summed E-state index contributed by atoms with van der Waals surface area (Å²) in [6.07, 6.45) is 1.19. The van der Waals surface area contributed by atoms with Gasteiger partial charge in [-0.25, -0.2) is 8.42 Å². The van der Waals surface area contributed by atoms with Gasteiger partial charge in [-0.05, 0) is 36.8 Å². The Labute approximate surface area is 132 Å². The van der Waals surface area contributed by atoms with Crippen molar-refractivity contribution in [3.8, 4) is 5.75 Å². The molecule has 2 rings (SSSR count). The first-order valence-corrected chi connectivity index (χ1v) is 9.03. The highest BCUT2D eigenvalue weighted by atomic mass is 32.2. The van der Waals surface area contributed by atoms with Crippen LogP contribution < -0.4 is 10.1 Å². The van der Waals surface area contributed by atoms with Crippen molar-refractivity contribution in [2.24, 2.45) is 0 Å². The van der Waals surface area contributed by atoms with E-state index in [1.807, 2.05) is 0 Å². The minimum atomic E-state index is -3.15. The van der Waals surface area contributed by atoms with E-state index in [1.165, 1.54) is 17.4 Å². The maximum Gasteiger partial charge on any atom is 0.175 e. The van der Waals surface area contributed by atoms with Gasteiger partial charge in [-0.1, -0.05) is 29.8 Å². The molecule has 0 aliphatic rings. The van der Waals surface area contributed by atoms with Crippen LogP contribution in [0.1, 0.15) is 11.1 Å². The molecule has 0 aromatic heterocycles. The van der Waals surface area contributed by atoms with Gasteiger partial charge in [-0.2, -0.15) is 0 Å². The first kappa shape index (κ1) is 16.5. The molecule has 0 spiro atoms. The molecule has 4 nitrogen and oxygen atoms in total. The number of aryl methyl sites for hydroxylation is 1. The fourth-order valence-electron chi connectivity index (χ4n) is 1.96. The van der Waals surface area contributed by atoms with Crippen LogP contribution in [0.3, 0.4) is 0 Å². The molecule has 0 bridgehead atoms. The third-order valence-corrected chi connectivity index (χ3v) is 4.38. The molecule has 2 aromatic carbocycles. The maximum absolute atomic E-state index is 11.3. The quantitative estimate of drug-likeness (QED) is 0.797. The van der Waals surface area contributed by atoms with E-state index in [2.05, 4.69) is 36.5 Å². The van der Waals surface area contributed by atoms with E-state index in [9.17, 15) is 8.42 Å². The van der Waals surface area contributed by atoms with Crippen molar-refractivity contribution in [2.45, 2.75) is 18.4 Å². The summed E-state index contributed by atoms with van der Waals surface area (Å²) >= 11 is 0. The van der Waals surface area contributed by atoms with Crippen LogP contribution in [-0.4, -0.2) is 27.8 Å². The highest BCUT2D eigenvalue weighted by Crippen LogP contribution is 2.15. The predicted molar refractivity (Wildman–Crippen MR) is 87.9 cm³/mol. The third-order valence-electron chi connectivity index (χ3n) is 3.25. The van der Waals surface area contributed by atoms with E-state index in [0.29, 0.717) is 17.3 Å². The lowest BCUT2D eigenvalue weighted by atomic mass is 10.1. The summed E-state index contributed by atoms with van der Waals surface area (Å²) in [4.78, 5) is 0.303. The topological polar surface area (TPSA) is 55.4 Å². The monoisotopic (exact) mass is 319 g/mol. The van der Waals surface area contributed by atoms with Crippen LogP contribution in [0.25, 0.3) is 0 Å². The molecule has 22 heavy (non-hydrogen) atoms. The Morgan fingerprint density at radius 2 is 1.64 bits per heavy atom. The van der Waals surface area contributed by atoms with Crippen molar-refractivity contribution >= 4 is 9.84 Å². The van der Waals surface area contributed by atoms with Crippen LogP contribution in [0.4, 0.5) is 0 Å². The molecule has 0 amide bonds. The van der Waals surface area contributed by atoms with Crippen molar-refractivity contribution in [1.29, 1.82) is 0 Å². The van der Waals surface area contributed by atoms with E-state index in [0.717, 1.165) is 13.1 Å². The van der Waals surface area contributed by atoms with Crippen LogP contribution in [0.15, 0.2) is 53.4 Å². The number of benzene rings is 2. The second kappa shape index (κ2) is 7.42. The summed E-state index contributed by atoms with van der Waals surface area (Å²) in [6.45, 7) is 4.13. The second-order valence-electron chi connectivity index (χ2n) is 5.25. The van der Waals surface area contributed by atoms with Gasteiger partial charge in [0.2, 0.25) is 0 Å². The maximum atomic E-state index is 11.3. The number of sulfone groups is 1. The van der Waals surface area contributed by atoms with Crippen molar-refractivity contribution in [2.75, 3.05) is 19.4 Å². The van der Waals surface area contributed by atoms with Gasteiger partial charge in [-0.15, -0.1) is 0 Å². The van der Waals surface area contributed by atoms with Gasteiger partial charge < -0.3 is 10.1 Å². The summed E-state index contributed by atoms with van der Waals surface area (Å²) in [7, 11) is -3.15. The molecule has 5 heteroatoms. The Morgan fingerprint density at radius 3 is 2.23 bits per heavy atom. The molecule has 0 saturated heterocycles. The molecule has 0 atom stereocenters. The number of ether oxygens (including phenoxy) is 1. The minimum absolute atomic E-state index is 0.303. The average molecular weight is 319 g/mol. The molecule has 118 valence electrons. The fourth-order valence-corrected chi connectivity index (χ4v) is 2.59. The number of rotatable bonds is 7. The van der Waals surface area contributed by atoms with Crippen LogP contribution >= 0.6 is 0 Å². The lowest BCUT2D eigenvalue weighted by molar-refractivity contribution is 0.313. The lowest BCUT2D eigenvalue weighted by Crippen LogP contribution is -2.20. The number of hydrogen-bond acceptors (Lipinski definition) is 4. The van der Waals surface area contributed by atoms with Gasteiger partial charge in [-0.3, -0.25) is 0 Å². The van der Waals surface area contributed by atoms with E-state index >= 15 is 0 Å². The Bertz CT molecular complexity index is 692. The molecule has 0 unspecified atom stereocenters. The van der Waals surface area contributed by atoms with Crippen LogP contribution in [0.5, 0.6) is 5.75 Å². The lowest BCUT2D eigenvalue weighted by Gasteiger charge is -2.08. The molecule has 1 N–H and O–H groups in total. The Balaban J connectivity index is 1.71. The molecule has 0 saturated carbocycles. The van der Waals surface area contributed by atoms with E-state index < -0.39 is 9.84 Å². The van der Waals surface area contributed by atoms with E-state index in [4.69, 9.17) is 4.74 Å². The van der Waals surface area contributed by atoms with E-state index in [1.54, 1.807) is 24.3 Å². The third kappa shape index (κ3) is 5.16. The Kier molecular flexibility index (Phi) is 5.57. The summed E-state index contributed by atoms with van der Waals surface area (Å²) in [5.74, 6) is 0.671. The standard InChI is InChI=1S/C17H21NO3S/c1-14-3-5-15(6-4-14)13-18-11-12-21-16-7-9-17(10-8-16)22(2,19)20/h3-10,18H,11-13H2,1-2H3. The van der Waals surface area contributed by atoms with Gasteiger partial charge in [0.25, 0.3) is 0 Å². The Hall–Kier alpha value is -1.85. The summed E-state index contributed by atoms with van der Waals surface area (Å²) in [6, 6.07) is 14.9. The summed E-state index contributed by atoms with van der Waals surface area (Å²) in [5.41, 5.74) is 2.49. The zero-order chi connectivity index (χ0) is 16.0. The summed E-state index contributed by atoms with van der Waals surface area (Å²) < 4.78 is 28.3. The molecule has 0 aliphatic heterocycles. The summed E-state index contributed by atoms with van der Waals surface area (Å²) in [5, 5.41) is 3.31. The normalized spacial score (nSPS) is 11.4. The van der Waals surface area contributed by atoms with E-state index in [-0.39, 0.29) is 0 Å². The van der Waals surface area contributed by atoms with Gasteiger partial charge in [0.05, 0.1) is 4.90 Å². The zero-order valence-electron chi connectivity index (χ0n) is 12.9. The smallest absolute Gasteiger partial charge is 0.175 e. The molecular weight excluding hydrogens is 298 g/mol. The van der Waals surface area contributed by atoms with Crippen LogP contribution in [0, 0.1) is 6.92 Å². The molecule has 0 aliphatic carbocycles. The predicted octanol–water partition coefficient (Wildman–Crippen LogP) is 2.57. The molecular formula is C17H21NO3S. The van der Waals surface area contributed by atoms with Crippen LogP contribution in [-0.2, 0) is 16.4 Å². The van der Waals surface area contributed by atoms with Crippen molar-refractivity contribution in [1.82, 2.24) is 5.32 Å². The minimum Gasteiger partial charge on any atom is -0.492 e. The highest BCUT2D eigenvalue weighted by Gasteiger charge is 2.06. The van der Waals surface area contributed by atoms with Crippen molar-refractivity contribution < 1.29 is 13.2 Å². The first-order chi connectivity index (χ1) is 10.4. The molecule has 0 heterocycles. The molecule has 0 radical (unpaired) electrons. The second-order valence-corrected chi connectivity index (χ2v) is 7.27.